The number of nitrogens with two attached hydrogens (primary N) is 1. The zero-order valence-electron chi connectivity index (χ0n) is 12.8. The molecule has 2 aromatic carbocycles. The van der Waals surface area contributed by atoms with Crippen LogP contribution in [0.1, 0.15) is 11.6 Å². The average molecular weight is 414 g/mol. The summed E-state index contributed by atoms with van der Waals surface area (Å²) in [7, 11) is -2.35. The quantitative estimate of drug-likeness (QED) is 0.578. The minimum absolute atomic E-state index is 0.0166. The van der Waals surface area contributed by atoms with Crippen molar-refractivity contribution in [2.75, 3.05) is 13.6 Å². The lowest BCUT2D eigenvalue weighted by Crippen LogP contribution is -2.34. The summed E-state index contributed by atoms with van der Waals surface area (Å²) in [5.74, 6) is 0. The van der Waals surface area contributed by atoms with Gasteiger partial charge in [0.15, 0.2) is 0 Å². The minimum Gasteiger partial charge on any atom is -0.323 e. The first-order chi connectivity index (χ1) is 11.2. The molecular formula is C15H16BrN3O4S. The summed E-state index contributed by atoms with van der Waals surface area (Å²) in [6.07, 6.45) is 0. The van der Waals surface area contributed by atoms with E-state index in [0.717, 1.165) is 26.5 Å². The Balaban J connectivity index is 2.18. The Bertz CT molecular complexity index is 840. The van der Waals surface area contributed by atoms with Crippen LogP contribution in [0.3, 0.4) is 0 Å². The molecule has 0 fully saturated rings. The molecule has 9 heteroatoms. The Morgan fingerprint density at radius 1 is 1.25 bits per heavy atom. The summed E-state index contributed by atoms with van der Waals surface area (Å²) in [5, 5.41) is 10.7. The van der Waals surface area contributed by atoms with Crippen LogP contribution in [0.15, 0.2) is 57.9 Å². The highest BCUT2D eigenvalue weighted by Crippen LogP contribution is 2.22. The van der Waals surface area contributed by atoms with Gasteiger partial charge in [0.1, 0.15) is 0 Å². The van der Waals surface area contributed by atoms with Crippen LogP contribution in [0.25, 0.3) is 0 Å². The molecule has 0 saturated heterocycles. The maximum atomic E-state index is 12.5. The molecule has 0 saturated carbocycles. The van der Waals surface area contributed by atoms with Gasteiger partial charge in [-0.3, -0.25) is 10.1 Å². The first kappa shape index (κ1) is 18.5. The number of nitro groups is 1. The van der Waals surface area contributed by atoms with Gasteiger partial charge in [-0.2, -0.15) is 4.31 Å². The summed E-state index contributed by atoms with van der Waals surface area (Å²) < 4.78 is 27.1. The molecule has 0 spiro atoms. The van der Waals surface area contributed by atoms with Crippen molar-refractivity contribution in [3.05, 3.63) is 68.7 Å². The molecule has 2 aromatic rings. The van der Waals surface area contributed by atoms with E-state index < -0.39 is 21.0 Å². The summed E-state index contributed by atoms with van der Waals surface area (Å²) >= 11 is 3.35. The molecule has 2 rings (SSSR count). The van der Waals surface area contributed by atoms with E-state index >= 15 is 0 Å². The second kappa shape index (κ2) is 7.39. The van der Waals surface area contributed by atoms with Crippen molar-refractivity contribution < 1.29 is 13.3 Å². The van der Waals surface area contributed by atoms with Crippen LogP contribution >= 0.6 is 15.9 Å². The number of likely N-dealkylation sites (N-methyl/N-ethyl adjacent to an activating group) is 1. The largest absolute Gasteiger partial charge is 0.323 e. The molecule has 2 N–H and O–H groups in total. The topological polar surface area (TPSA) is 107 Å². The molecule has 0 aromatic heterocycles. The number of sulfonamides is 1. The second-order valence-corrected chi connectivity index (χ2v) is 8.16. The molecular weight excluding hydrogens is 398 g/mol. The van der Waals surface area contributed by atoms with Crippen LogP contribution in [-0.2, 0) is 10.0 Å². The van der Waals surface area contributed by atoms with Crippen LogP contribution in [0.4, 0.5) is 5.69 Å². The van der Waals surface area contributed by atoms with Crippen LogP contribution in [-0.4, -0.2) is 31.2 Å². The lowest BCUT2D eigenvalue weighted by molar-refractivity contribution is -0.384. The lowest BCUT2D eigenvalue weighted by atomic mass is 10.1. The highest BCUT2D eigenvalue weighted by Gasteiger charge is 2.24. The number of benzene rings is 2. The fraction of sp³-hybridized carbons (Fsp3) is 0.200. The van der Waals surface area contributed by atoms with E-state index in [1.807, 2.05) is 24.3 Å². The molecule has 24 heavy (non-hydrogen) atoms. The van der Waals surface area contributed by atoms with Gasteiger partial charge in [-0.1, -0.05) is 28.1 Å². The molecule has 0 radical (unpaired) electrons. The lowest BCUT2D eigenvalue weighted by Gasteiger charge is -2.21. The molecule has 0 aliphatic rings. The van der Waals surface area contributed by atoms with Crippen molar-refractivity contribution >= 4 is 31.6 Å². The van der Waals surface area contributed by atoms with Gasteiger partial charge in [-0.05, 0) is 29.8 Å². The zero-order valence-corrected chi connectivity index (χ0v) is 15.2. The molecule has 1 atom stereocenters. The first-order valence-electron chi connectivity index (χ1n) is 6.93. The number of hydrogen-bond donors (Lipinski definition) is 1. The zero-order chi connectivity index (χ0) is 17.9. The number of non-ortho nitro benzene ring substituents is 1. The molecule has 0 amide bonds. The summed E-state index contributed by atoms with van der Waals surface area (Å²) in [5.41, 5.74) is 6.72. The summed E-state index contributed by atoms with van der Waals surface area (Å²) in [6, 6.07) is 11.6. The predicted octanol–water partition coefficient (Wildman–Crippen LogP) is 2.68. The molecule has 128 valence electrons. The Kier molecular flexibility index (Phi) is 5.70. The third-order valence-corrected chi connectivity index (χ3v) is 5.82. The number of nitrogens with zero attached hydrogens (tertiary/aromatic N) is 2. The predicted molar refractivity (Wildman–Crippen MR) is 94.0 cm³/mol. The SMILES string of the molecule is CN(C[C@@H](N)c1cccc(Br)c1)S(=O)(=O)c1ccc([N+](=O)[O-])cc1. The Morgan fingerprint density at radius 2 is 1.88 bits per heavy atom. The van der Waals surface area contributed by atoms with Crippen LogP contribution < -0.4 is 5.73 Å². The smallest absolute Gasteiger partial charge is 0.269 e. The van der Waals surface area contributed by atoms with Gasteiger partial charge in [-0.25, -0.2) is 8.42 Å². The molecule has 0 aliphatic heterocycles. The van der Waals surface area contributed by atoms with E-state index in [2.05, 4.69) is 15.9 Å². The van der Waals surface area contributed by atoms with Crippen molar-refractivity contribution in [2.45, 2.75) is 10.9 Å². The minimum atomic E-state index is -3.78. The van der Waals surface area contributed by atoms with E-state index in [4.69, 9.17) is 5.73 Å². The van der Waals surface area contributed by atoms with Gasteiger partial charge in [0.25, 0.3) is 5.69 Å². The third kappa shape index (κ3) is 4.18. The maximum Gasteiger partial charge on any atom is 0.269 e. The van der Waals surface area contributed by atoms with E-state index in [1.54, 1.807) is 0 Å². The van der Waals surface area contributed by atoms with E-state index in [-0.39, 0.29) is 17.1 Å². The number of rotatable bonds is 6. The van der Waals surface area contributed by atoms with Crippen molar-refractivity contribution in [1.29, 1.82) is 0 Å². The second-order valence-electron chi connectivity index (χ2n) is 5.20. The fourth-order valence-electron chi connectivity index (χ4n) is 2.14. The Hall–Kier alpha value is -1.81. The molecule has 7 nitrogen and oxygen atoms in total. The fourth-order valence-corrected chi connectivity index (χ4v) is 3.75. The van der Waals surface area contributed by atoms with Gasteiger partial charge in [0.2, 0.25) is 10.0 Å². The van der Waals surface area contributed by atoms with Gasteiger partial charge >= 0.3 is 0 Å². The highest BCUT2D eigenvalue weighted by molar-refractivity contribution is 9.10. The van der Waals surface area contributed by atoms with Gasteiger partial charge < -0.3 is 5.73 Å². The van der Waals surface area contributed by atoms with Gasteiger partial charge in [0.05, 0.1) is 9.82 Å². The van der Waals surface area contributed by atoms with Crippen molar-refractivity contribution in [3.8, 4) is 0 Å². The van der Waals surface area contributed by atoms with Gasteiger partial charge in [0, 0.05) is 36.2 Å². The van der Waals surface area contributed by atoms with Crippen LogP contribution in [0.5, 0.6) is 0 Å². The third-order valence-electron chi connectivity index (χ3n) is 3.49. The Labute approximate surface area is 148 Å². The molecule has 0 aliphatic carbocycles. The standard InChI is InChI=1S/C15H16BrN3O4S/c1-18(10-15(17)11-3-2-4-12(16)9-11)24(22,23)14-7-5-13(6-8-14)19(20)21/h2-9,15H,10,17H2,1H3/t15-/m1/s1. The number of nitro benzene ring substituents is 1. The van der Waals surface area contributed by atoms with Crippen LogP contribution in [0, 0.1) is 10.1 Å². The number of hydrogen-bond acceptors (Lipinski definition) is 5. The molecule has 0 heterocycles. The van der Waals surface area contributed by atoms with E-state index in [9.17, 15) is 18.5 Å². The maximum absolute atomic E-state index is 12.5. The average Bonchev–Trinajstić information content (AvgIpc) is 2.54. The molecule has 0 bridgehead atoms. The Morgan fingerprint density at radius 3 is 2.42 bits per heavy atom. The van der Waals surface area contributed by atoms with E-state index in [1.165, 1.54) is 19.2 Å². The van der Waals surface area contributed by atoms with Crippen molar-refractivity contribution in [3.63, 3.8) is 0 Å². The summed E-state index contributed by atoms with van der Waals surface area (Å²) in [4.78, 5) is 10.1. The summed E-state index contributed by atoms with van der Waals surface area (Å²) in [6.45, 7) is 0.0791. The first-order valence-corrected chi connectivity index (χ1v) is 9.17. The van der Waals surface area contributed by atoms with Crippen molar-refractivity contribution in [2.24, 2.45) is 5.73 Å². The van der Waals surface area contributed by atoms with Gasteiger partial charge in [-0.15, -0.1) is 0 Å². The monoisotopic (exact) mass is 413 g/mol. The van der Waals surface area contributed by atoms with Crippen LogP contribution in [0.2, 0.25) is 0 Å². The normalized spacial score (nSPS) is 13.0. The van der Waals surface area contributed by atoms with Crippen molar-refractivity contribution in [1.82, 2.24) is 4.31 Å². The van der Waals surface area contributed by atoms with E-state index in [0.29, 0.717) is 0 Å². The highest BCUT2D eigenvalue weighted by atomic mass is 79.9. The molecule has 0 unspecified atom stereocenters. The number of halogens is 1.